The molecule has 2 heteroatoms. The molecule has 0 heterocycles. The summed E-state index contributed by atoms with van der Waals surface area (Å²) in [4.78, 5) is 0. The van der Waals surface area contributed by atoms with Crippen LogP contribution in [0.4, 0.5) is 0 Å². The summed E-state index contributed by atoms with van der Waals surface area (Å²) in [6.07, 6.45) is 3.87. The molecule has 1 aliphatic rings. The van der Waals surface area contributed by atoms with Crippen LogP contribution >= 0.6 is 12.4 Å². The molecule has 0 fully saturated rings. The zero-order chi connectivity index (χ0) is 5.98. The Kier molecular flexibility index (Phi) is 3.91. The van der Waals surface area contributed by atoms with Crippen molar-refractivity contribution in [1.29, 1.82) is 0 Å². The second-order valence-electron chi connectivity index (χ2n) is 2.44. The number of nitrogens with two attached hydrogens (primary N) is 1. The number of halogens is 1. The summed E-state index contributed by atoms with van der Waals surface area (Å²) in [6, 6.07) is 0. The number of allylic oxidation sites excluding steroid dienone is 1. The fraction of sp³-hybridized carbons (Fsp3) is 0.714. The van der Waals surface area contributed by atoms with Gasteiger partial charge in [0.2, 0.25) is 0 Å². The first-order valence-electron chi connectivity index (χ1n) is 3.22. The van der Waals surface area contributed by atoms with E-state index < -0.39 is 0 Å². The third-order valence-corrected chi connectivity index (χ3v) is 1.88. The molecule has 9 heavy (non-hydrogen) atoms. The van der Waals surface area contributed by atoms with Crippen LogP contribution in [-0.2, 0) is 0 Å². The van der Waals surface area contributed by atoms with Gasteiger partial charge in [0, 0.05) is 6.54 Å². The van der Waals surface area contributed by atoms with Gasteiger partial charge in [-0.1, -0.05) is 11.1 Å². The van der Waals surface area contributed by atoms with Gasteiger partial charge in [-0.05, 0) is 26.2 Å². The molecule has 0 aliphatic heterocycles. The second-order valence-corrected chi connectivity index (χ2v) is 2.44. The molecule has 0 radical (unpaired) electrons. The maximum Gasteiger partial charge on any atom is 0.0139 e. The molecule has 1 aliphatic carbocycles. The van der Waals surface area contributed by atoms with Crippen molar-refractivity contribution < 1.29 is 0 Å². The van der Waals surface area contributed by atoms with E-state index >= 15 is 0 Å². The summed E-state index contributed by atoms with van der Waals surface area (Å²) in [5.41, 5.74) is 8.49. The Labute approximate surface area is 62.7 Å². The van der Waals surface area contributed by atoms with Crippen LogP contribution in [0, 0.1) is 0 Å². The van der Waals surface area contributed by atoms with Crippen molar-refractivity contribution in [3.8, 4) is 0 Å². The molecule has 0 atom stereocenters. The van der Waals surface area contributed by atoms with Crippen molar-refractivity contribution in [2.45, 2.75) is 26.2 Å². The van der Waals surface area contributed by atoms with E-state index in [2.05, 4.69) is 6.92 Å². The van der Waals surface area contributed by atoms with Crippen LogP contribution in [0.1, 0.15) is 26.2 Å². The standard InChI is InChI=1S/C7H13N.ClH/c1-6-3-2-4-7(6)5-8;/h2-5,8H2,1H3;1H. The van der Waals surface area contributed by atoms with Crippen LogP contribution in [0.5, 0.6) is 0 Å². The molecular formula is C7H14ClN. The first-order chi connectivity index (χ1) is 3.84. The fourth-order valence-electron chi connectivity index (χ4n) is 1.23. The highest BCUT2D eigenvalue weighted by Gasteiger charge is 2.07. The van der Waals surface area contributed by atoms with Crippen LogP contribution < -0.4 is 5.73 Å². The molecule has 0 aromatic rings. The lowest BCUT2D eigenvalue weighted by Crippen LogP contribution is -2.01. The summed E-state index contributed by atoms with van der Waals surface area (Å²) >= 11 is 0. The molecule has 0 aromatic heterocycles. The Bertz CT molecular complexity index is 118. The van der Waals surface area contributed by atoms with Gasteiger partial charge < -0.3 is 5.73 Å². The summed E-state index contributed by atoms with van der Waals surface area (Å²) in [5, 5.41) is 0. The van der Waals surface area contributed by atoms with E-state index in [4.69, 9.17) is 5.73 Å². The zero-order valence-electron chi connectivity index (χ0n) is 5.81. The molecule has 2 N–H and O–H groups in total. The lowest BCUT2D eigenvalue weighted by molar-refractivity contribution is 0.881. The van der Waals surface area contributed by atoms with E-state index in [0.717, 1.165) is 6.54 Å². The molecule has 1 rings (SSSR count). The van der Waals surface area contributed by atoms with Gasteiger partial charge >= 0.3 is 0 Å². The van der Waals surface area contributed by atoms with Crippen LogP contribution in [0.2, 0.25) is 0 Å². The lowest BCUT2D eigenvalue weighted by atomic mass is 10.2. The molecular weight excluding hydrogens is 134 g/mol. The Morgan fingerprint density at radius 1 is 1.44 bits per heavy atom. The van der Waals surface area contributed by atoms with Gasteiger partial charge in [-0.3, -0.25) is 0 Å². The van der Waals surface area contributed by atoms with E-state index in [1.807, 2.05) is 0 Å². The minimum Gasteiger partial charge on any atom is -0.327 e. The summed E-state index contributed by atoms with van der Waals surface area (Å²) in [5.74, 6) is 0. The average molecular weight is 148 g/mol. The van der Waals surface area contributed by atoms with Crippen LogP contribution in [0.15, 0.2) is 11.1 Å². The quantitative estimate of drug-likeness (QED) is 0.563. The highest BCUT2D eigenvalue weighted by molar-refractivity contribution is 5.85. The third kappa shape index (κ3) is 1.99. The van der Waals surface area contributed by atoms with Crippen molar-refractivity contribution in [2.75, 3.05) is 6.54 Å². The Balaban J connectivity index is 0.000000640. The smallest absolute Gasteiger partial charge is 0.0139 e. The van der Waals surface area contributed by atoms with Crippen molar-refractivity contribution >= 4 is 12.4 Å². The molecule has 54 valence electrons. The van der Waals surface area contributed by atoms with Gasteiger partial charge in [0.15, 0.2) is 0 Å². The molecule has 0 saturated carbocycles. The minimum absolute atomic E-state index is 0. The average Bonchev–Trinajstić information content (AvgIpc) is 2.14. The van der Waals surface area contributed by atoms with Crippen molar-refractivity contribution in [1.82, 2.24) is 0 Å². The largest absolute Gasteiger partial charge is 0.327 e. The highest BCUT2D eigenvalue weighted by Crippen LogP contribution is 2.23. The van der Waals surface area contributed by atoms with E-state index in [0.29, 0.717) is 0 Å². The lowest BCUT2D eigenvalue weighted by Gasteiger charge is -1.94. The van der Waals surface area contributed by atoms with Gasteiger partial charge in [0.25, 0.3) is 0 Å². The van der Waals surface area contributed by atoms with Crippen LogP contribution in [0.25, 0.3) is 0 Å². The Morgan fingerprint density at radius 3 is 2.33 bits per heavy atom. The number of hydrogen-bond acceptors (Lipinski definition) is 1. The molecule has 0 unspecified atom stereocenters. The molecule has 1 nitrogen and oxygen atoms in total. The topological polar surface area (TPSA) is 26.0 Å². The van der Waals surface area contributed by atoms with E-state index in [1.54, 1.807) is 0 Å². The molecule has 0 bridgehead atoms. The molecule has 0 aromatic carbocycles. The maximum absolute atomic E-state index is 5.47. The van der Waals surface area contributed by atoms with E-state index in [9.17, 15) is 0 Å². The van der Waals surface area contributed by atoms with E-state index in [1.165, 1.54) is 30.4 Å². The van der Waals surface area contributed by atoms with E-state index in [-0.39, 0.29) is 12.4 Å². The summed E-state index contributed by atoms with van der Waals surface area (Å²) < 4.78 is 0. The Morgan fingerprint density at radius 2 is 2.11 bits per heavy atom. The Hall–Kier alpha value is -0.0100. The third-order valence-electron chi connectivity index (χ3n) is 1.88. The molecule has 0 amide bonds. The highest BCUT2D eigenvalue weighted by atomic mass is 35.5. The van der Waals surface area contributed by atoms with Gasteiger partial charge in [0.05, 0.1) is 0 Å². The summed E-state index contributed by atoms with van der Waals surface area (Å²) in [6.45, 7) is 2.97. The normalized spacial score (nSPS) is 18.0. The van der Waals surface area contributed by atoms with Gasteiger partial charge in [-0.15, -0.1) is 12.4 Å². The fourth-order valence-corrected chi connectivity index (χ4v) is 1.23. The summed E-state index contributed by atoms with van der Waals surface area (Å²) in [7, 11) is 0. The number of rotatable bonds is 1. The van der Waals surface area contributed by atoms with Gasteiger partial charge in [0.1, 0.15) is 0 Å². The van der Waals surface area contributed by atoms with Crippen LogP contribution in [-0.4, -0.2) is 6.54 Å². The van der Waals surface area contributed by atoms with Crippen molar-refractivity contribution in [3.63, 3.8) is 0 Å². The predicted molar refractivity (Wildman–Crippen MR) is 42.9 cm³/mol. The number of hydrogen-bond donors (Lipinski definition) is 1. The first kappa shape index (κ1) is 8.99. The zero-order valence-corrected chi connectivity index (χ0v) is 6.63. The predicted octanol–water partition coefficient (Wildman–Crippen LogP) is 1.87. The molecule has 0 saturated heterocycles. The molecule has 0 spiro atoms. The second kappa shape index (κ2) is 3.91. The monoisotopic (exact) mass is 147 g/mol. The SMILES string of the molecule is CC1=C(CN)CCC1.Cl. The first-order valence-corrected chi connectivity index (χ1v) is 3.22. The van der Waals surface area contributed by atoms with Crippen molar-refractivity contribution in [2.24, 2.45) is 5.73 Å². The van der Waals surface area contributed by atoms with Gasteiger partial charge in [-0.2, -0.15) is 0 Å². The minimum atomic E-state index is 0. The maximum atomic E-state index is 5.47. The van der Waals surface area contributed by atoms with Crippen LogP contribution in [0.3, 0.4) is 0 Å². The van der Waals surface area contributed by atoms with Gasteiger partial charge in [-0.25, -0.2) is 0 Å². The van der Waals surface area contributed by atoms with Crippen molar-refractivity contribution in [3.05, 3.63) is 11.1 Å².